The number of carbonyl (C=O) groups is 3. The van der Waals surface area contributed by atoms with Gasteiger partial charge in [0.2, 0.25) is 11.8 Å². The van der Waals surface area contributed by atoms with Crippen LogP contribution in [-0.4, -0.2) is 53.3 Å². The van der Waals surface area contributed by atoms with E-state index in [4.69, 9.17) is 9.84 Å². The van der Waals surface area contributed by atoms with E-state index >= 15 is 0 Å². The van der Waals surface area contributed by atoms with Gasteiger partial charge >= 0.3 is 5.97 Å². The normalized spacial score (nSPS) is 13.7. The number of carbonyl (C=O) groups excluding carboxylic acids is 3. The molecule has 0 bridgehead atoms. The molecule has 1 rings (SSSR count). The van der Waals surface area contributed by atoms with E-state index in [-0.39, 0.29) is 26.1 Å². The van der Waals surface area contributed by atoms with Gasteiger partial charge in [-0.15, -0.1) is 6.58 Å². The standard InChI is InChI=1S/C20H28N2O6/c1-3-7-16(10-18(25)21-14(2)11-23)19(26)22-17(12-24)20(27)28-13-15-8-5-4-6-9-15/h3-6,8-9,14,16-17,23-24H,1,7,10-13H2,2H3,(H,21,25)(H,22,26)/t14-,16+,17+/m0/s1. The van der Waals surface area contributed by atoms with E-state index in [2.05, 4.69) is 17.2 Å². The van der Waals surface area contributed by atoms with E-state index in [0.29, 0.717) is 0 Å². The zero-order valence-corrected chi connectivity index (χ0v) is 16.0. The van der Waals surface area contributed by atoms with Crippen LogP contribution in [0.1, 0.15) is 25.3 Å². The molecule has 8 heteroatoms. The highest BCUT2D eigenvalue weighted by molar-refractivity contribution is 5.89. The Hall–Kier alpha value is -2.71. The number of hydrogen-bond acceptors (Lipinski definition) is 6. The summed E-state index contributed by atoms with van der Waals surface area (Å²) in [4.78, 5) is 36.6. The van der Waals surface area contributed by atoms with Crippen LogP contribution in [0.3, 0.4) is 0 Å². The second-order valence-corrected chi connectivity index (χ2v) is 6.41. The quantitative estimate of drug-likeness (QED) is 0.299. The lowest BCUT2D eigenvalue weighted by molar-refractivity contribution is -0.150. The number of aliphatic hydroxyl groups is 2. The minimum atomic E-state index is -1.23. The van der Waals surface area contributed by atoms with Crippen molar-refractivity contribution in [3.8, 4) is 0 Å². The van der Waals surface area contributed by atoms with E-state index in [9.17, 15) is 19.5 Å². The first-order valence-electron chi connectivity index (χ1n) is 9.04. The minimum absolute atomic E-state index is 0.0174. The fourth-order valence-electron chi connectivity index (χ4n) is 2.39. The van der Waals surface area contributed by atoms with E-state index in [1.807, 2.05) is 6.07 Å². The van der Waals surface area contributed by atoms with Crippen LogP contribution in [0.15, 0.2) is 43.0 Å². The Kier molecular flexibility index (Phi) is 10.5. The molecule has 0 fully saturated rings. The van der Waals surface area contributed by atoms with E-state index in [1.54, 1.807) is 31.2 Å². The van der Waals surface area contributed by atoms with Gasteiger partial charge in [0.05, 0.1) is 19.1 Å². The Morgan fingerprint density at radius 3 is 2.39 bits per heavy atom. The summed E-state index contributed by atoms with van der Waals surface area (Å²) in [7, 11) is 0. The maximum absolute atomic E-state index is 12.5. The molecule has 0 saturated heterocycles. The molecular weight excluding hydrogens is 364 g/mol. The van der Waals surface area contributed by atoms with Crippen LogP contribution in [0.2, 0.25) is 0 Å². The van der Waals surface area contributed by atoms with Crippen LogP contribution in [-0.2, 0) is 25.7 Å². The summed E-state index contributed by atoms with van der Waals surface area (Å²) in [6.45, 7) is 4.37. The first-order chi connectivity index (χ1) is 13.4. The Morgan fingerprint density at radius 2 is 1.82 bits per heavy atom. The van der Waals surface area contributed by atoms with Crippen molar-refractivity contribution in [2.45, 2.75) is 38.5 Å². The van der Waals surface area contributed by atoms with Crippen LogP contribution < -0.4 is 10.6 Å². The monoisotopic (exact) mass is 392 g/mol. The van der Waals surface area contributed by atoms with Gasteiger partial charge in [-0.25, -0.2) is 4.79 Å². The highest BCUT2D eigenvalue weighted by atomic mass is 16.5. The zero-order chi connectivity index (χ0) is 20.9. The molecule has 0 aliphatic carbocycles. The van der Waals surface area contributed by atoms with Crippen molar-refractivity contribution in [1.82, 2.24) is 10.6 Å². The largest absolute Gasteiger partial charge is 0.459 e. The lowest BCUT2D eigenvalue weighted by Crippen LogP contribution is -2.47. The number of ether oxygens (including phenoxy) is 1. The fraction of sp³-hybridized carbons (Fsp3) is 0.450. The Bertz CT molecular complexity index is 649. The first-order valence-corrected chi connectivity index (χ1v) is 9.04. The third-order valence-corrected chi connectivity index (χ3v) is 3.94. The number of esters is 1. The molecule has 0 aliphatic rings. The molecule has 0 unspecified atom stereocenters. The number of allylic oxidation sites excluding steroid dienone is 1. The molecule has 1 aromatic rings. The number of amides is 2. The van der Waals surface area contributed by atoms with Crippen LogP contribution in [0.4, 0.5) is 0 Å². The van der Waals surface area contributed by atoms with Gasteiger partial charge < -0.3 is 25.6 Å². The van der Waals surface area contributed by atoms with E-state index < -0.39 is 42.4 Å². The maximum Gasteiger partial charge on any atom is 0.331 e. The summed E-state index contributed by atoms with van der Waals surface area (Å²) in [5.41, 5.74) is 0.776. The second-order valence-electron chi connectivity index (χ2n) is 6.41. The molecule has 0 spiro atoms. The number of aliphatic hydroxyl groups excluding tert-OH is 2. The van der Waals surface area contributed by atoms with Crippen molar-refractivity contribution in [3.63, 3.8) is 0 Å². The van der Waals surface area contributed by atoms with E-state index in [0.717, 1.165) is 5.56 Å². The minimum Gasteiger partial charge on any atom is -0.459 e. The molecule has 0 radical (unpaired) electrons. The van der Waals surface area contributed by atoms with Crippen LogP contribution in [0, 0.1) is 5.92 Å². The number of nitrogens with one attached hydrogen (secondary N) is 2. The van der Waals surface area contributed by atoms with Crippen molar-refractivity contribution in [2.24, 2.45) is 5.92 Å². The third kappa shape index (κ3) is 8.32. The predicted molar refractivity (Wildman–Crippen MR) is 103 cm³/mol. The van der Waals surface area contributed by atoms with Crippen molar-refractivity contribution in [1.29, 1.82) is 0 Å². The predicted octanol–water partition coefficient (Wildman–Crippen LogP) is 0.286. The molecule has 154 valence electrons. The van der Waals surface area contributed by atoms with Crippen LogP contribution >= 0.6 is 0 Å². The lowest BCUT2D eigenvalue weighted by Gasteiger charge is -2.20. The molecule has 0 saturated carbocycles. The van der Waals surface area contributed by atoms with Crippen molar-refractivity contribution in [3.05, 3.63) is 48.6 Å². The highest BCUT2D eigenvalue weighted by Gasteiger charge is 2.27. The van der Waals surface area contributed by atoms with Gasteiger partial charge in [0.1, 0.15) is 6.61 Å². The summed E-state index contributed by atoms with van der Waals surface area (Å²) in [5, 5.41) is 23.4. The summed E-state index contributed by atoms with van der Waals surface area (Å²) in [6, 6.07) is 7.34. The molecule has 4 N–H and O–H groups in total. The van der Waals surface area contributed by atoms with Gasteiger partial charge in [-0.05, 0) is 18.9 Å². The Labute approximate surface area is 164 Å². The van der Waals surface area contributed by atoms with Gasteiger partial charge in [0.25, 0.3) is 0 Å². The summed E-state index contributed by atoms with van der Waals surface area (Å²) < 4.78 is 5.13. The topological polar surface area (TPSA) is 125 Å². The molecule has 28 heavy (non-hydrogen) atoms. The van der Waals surface area contributed by atoms with Gasteiger partial charge in [0.15, 0.2) is 6.04 Å². The Balaban J connectivity index is 2.62. The average molecular weight is 392 g/mol. The highest BCUT2D eigenvalue weighted by Crippen LogP contribution is 2.11. The molecule has 0 heterocycles. The lowest BCUT2D eigenvalue weighted by atomic mass is 9.99. The maximum atomic E-state index is 12.5. The molecule has 2 amide bonds. The average Bonchev–Trinajstić information content (AvgIpc) is 2.70. The number of rotatable bonds is 12. The van der Waals surface area contributed by atoms with Crippen LogP contribution in [0.5, 0.6) is 0 Å². The van der Waals surface area contributed by atoms with Gasteiger partial charge in [-0.1, -0.05) is 36.4 Å². The van der Waals surface area contributed by atoms with Crippen molar-refractivity contribution >= 4 is 17.8 Å². The summed E-state index contributed by atoms with van der Waals surface area (Å²) in [6.07, 6.45) is 1.57. The molecule has 3 atom stereocenters. The molecule has 1 aromatic carbocycles. The third-order valence-electron chi connectivity index (χ3n) is 3.94. The molecule has 0 aromatic heterocycles. The summed E-state index contributed by atoms with van der Waals surface area (Å²) in [5.74, 6) is -2.51. The van der Waals surface area contributed by atoms with Gasteiger partial charge in [0, 0.05) is 12.5 Å². The SMILES string of the molecule is C=CC[C@H](CC(=O)N[C@@H](C)CO)C(=O)N[C@H](CO)C(=O)OCc1ccccc1. The van der Waals surface area contributed by atoms with Crippen molar-refractivity contribution < 1.29 is 29.3 Å². The van der Waals surface area contributed by atoms with Gasteiger partial charge in [-0.2, -0.15) is 0 Å². The Morgan fingerprint density at radius 1 is 1.14 bits per heavy atom. The van der Waals surface area contributed by atoms with Crippen molar-refractivity contribution in [2.75, 3.05) is 13.2 Å². The van der Waals surface area contributed by atoms with Gasteiger partial charge in [-0.3, -0.25) is 9.59 Å². The van der Waals surface area contributed by atoms with E-state index in [1.165, 1.54) is 6.08 Å². The number of hydrogen-bond donors (Lipinski definition) is 4. The second kappa shape index (κ2) is 12.6. The molecule has 0 aliphatic heterocycles. The molecular formula is C20H28N2O6. The number of benzene rings is 1. The zero-order valence-electron chi connectivity index (χ0n) is 16.0. The van der Waals surface area contributed by atoms with Crippen LogP contribution in [0.25, 0.3) is 0 Å². The fourth-order valence-corrected chi connectivity index (χ4v) is 2.39. The first kappa shape index (κ1) is 23.3. The molecule has 8 nitrogen and oxygen atoms in total. The smallest absolute Gasteiger partial charge is 0.331 e. The summed E-state index contributed by atoms with van der Waals surface area (Å²) >= 11 is 0.